The summed E-state index contributed by atoms with van der Waals surface area (Å²) in [5.74, 6) is -0.162. The Morgan fingerprint density at radius 1 is 1.15 bits per heavy atom. The lowest BCUT2D eigenvalue weighted by molar-refractivity contribution is -0.131. The Balaban J connectivity index is 1.63. The molecule has 1 aliphatic carbocycles. The zero-order chi connectivity index (χ0) is 19.4. The molecule has 27 heavy (non-hydrogen) atoms. The molecule has 1 unspecified atom stereocenters. The van der Waals surface area contributed by atoms with Crippen LogP contribution in [0.1, 0.15) is 57.6 Å². The van der Waals surface area contributed by atoms with Gasteiger partial charge in [-0.1, -0.05) is 57.0 Å². The lowest BCUT2D eigenvalue weighted by atomic mass is 9.97. The summed E-state index contributed by atoms with van der Waals surface area (Å²) in [6.07, 6.45) is 4.88. The second-order valence-electron chi connectivity index (χ2n) is 7.99. The highest BCUT2D eigenvalue weighted by atomic mass is 16.2. The Bertz CT molecular complexity index is 683. The number of imide groups is 1. The van der Waals surface area contributed by atoms with Gasteiger partial charge in [0.25, 0.3) is 5.91 Å². The van der Waals surface area contributed by atoms with Crippen molar-refractivity contribution < 1.29 is 14.4 Å². The fourth-order valence-electron chi connectivity index (χ4n) is 4.04. The van der Waals surface area contributed by atoms with Crippen LogP contribution < -0.4 is 5.32 Å². The van der Waals surface area contributed by atoms with Gasteiger partial charge in [-0.3, -0.25) is 14.5 Å². The fraction of sp³-hybridized carbons (Fsp3) is 0.571. The first kappa shape index (κ1) is 19.4. The van der Waals surface area contributed by atoms with Crippen LogP contribution in [0.4, 0.5) is 4.79 Å². The Morgan fingerprint density at radius 3 is 2.44 bits per heavy atom. The number of rotatable bonds is 7. The summed E-state index contributed by atoms with van der Waals surface area (Å²) in [6.45, 7) is 4.11. The van der Waals surface area contributed by atoms with E-state index in [0.29, 0.717) is 5.92 Å². The molecule has 6 nitrogen and oxygen atoms in total. The molecule has 1 aromatic rings. The highest BCUT2D eigenvalue weighted by molar-refractivity contribution is 6.04. The van der Waals surface area contributed by atoms with Crippen LogP contribution in [-0.2, 0) is 9.59 Å². The molecule has 2 fully saturated rings. The summed E-state index contributed by atoms with van der Waals surface area (Å²) < 4.78 is 0. The molecule has 0 spiro atoms. The average Bonchev–Trinajstić information content (AvgIpc) is 3.25. The summed E-state index contributed by atoms with van der Waals surface area (Å²) in [7, 11) is 0. The first-order chi connectivity index (χ1) is 13.0. The summed E-state index contributed by atoms with van der Waals surface area (Å²) in [5.41, 5.74) is 1.03. The minimum atomic E-state index is -0.317. The van der Waals surface area contributed by atoms with E-state index >= 15 is 0 Å². The van der Waals surface area contributed by atoms with Crippen molar-refractivity contribution in [2.45, 2.75) is 58.0 Å². The number of carbonyl (C=O) groups is 3. The molecule has 0 aromatic heterocycles. The van der Waals surface area contributed by atoms with E-state index in [0.717, 1.165) is 42.6 Å². The van der Waals surface area contributed by atoms with E-state index in [9.17, 15) is 14.4 Å². The SMILES string of the molecule is CC(C)CC(NC(=O)CN1C(=O)CN(C2CCCC2)C1=O)c1ccccc1. The normalized spacial score (nSPS) is 19.2. The van der Waals surface area contributed by atoms with Crippen molar-refractivity contribution in [3.63, 3.8) is 0 Å². The molecular formula is C21H29N3O3. The first-order valence-corrected chi connectivity index (χ1v) is 9.91. The molecule has 1 saturated carbocycles. The Morgan fingerprint density at radius 2 is 1.81 bits per heavy atom. The molecule has 6 heteroatoms. The maximum absolute atomic E-state index is 12.6. The molecule has 0 bridgehead atoms. The van der Waals surface area contributed by atoms with E-state index in [2.05, 4.69) is 19.2 Å². The Labute approximate surface area is 160 Å². The molecular weight excluding hydrogens is 342 g/mol. The van der Waals surface area contributed by atoms with Crippen LogP contribution in [-0.4, -0.2) is 46.8 Å². The van der Waals surface area contributed by atoms with Gasteiger partial charge in [0.2, 0.25) is 5.91 Å². The van der Waals surface area contributed by atoms with Gasteiger partial charge >= 0.3 is 6.03 Å². The maximum atomic E-state index is 12.6. The lowest BCUT2D eigenvalue weighted by Crippen LogP contribution is -2.43. The number of amides is 4. The van der Waals surface area contributed by atoms with Gasteiger partial charge in [0, 0.05) is 6.04 Å². The van der Waals surface area contributed by atoms with Crippen LogP contribution in [0.3, 0.4) is 0 Å². The number of hydrogen-bond donors (Lipinski definition) is 1. The van der Waals surface area contributed by atoms with Gasteiger partial charge in [0.1, 0.15) is 13.1 Å². The van der Waals surface area contributed by atoms with Crippen LogP contribution in [0, 0.1) is 5.92 Å². The third-order valence-corrected chi connectivity index (χ3v) is 5.39. The topological polar surface area (TPSA) is 69.7 Å². The number of carbonyl (C=O) groups excluding carboxylic acids is 3. The summed E-state index contributed by atoms with van der Waals surface area (Å²) in [6, 6.07) is 9.51. The van der Waals surface area contributed by atoms with Crippen molar-refractivity contribution >= 4 is 17.8 Å². The van der Waals surface area contributed by atoms with E-state index in [1.165, 1.54) is 0 Å². The largest absolute Gasteiger partial charge is 0.348 e. The second kappa shape index (κ2) is 8.55. The van der Waals surface area contributed by atoms with Crippen LogP contribution >= 0.6 is 0 Å². The molecule has 1 saturated heterocycles. The molecule has 2 aliphatic rings. The Hall–Kier alpha value is -2.37. The fourth-order valence-corrected chi connectivity index (χ4v) is 4.04. The zero-order valence-corrected chi connectivity index (χ0v) is 16.2. The summed E-state index contributed by atoms with van der Waals surface area (Å²) in [4.78, 5) is 40.3. The highest BCUT2D eigenvalue weighted by Gasteiger charge is 2.41. The third kappa shape index (κ3) is 4.67. The van der Waals surface area contributed by atoms with Gasteiger partial charge in [-0.25, -0.2) is 4.79 Å². The molecule has 4 amide bonds. The molecule has 1 atom stereocenters. The van der Waals surface area contributed by atoms with Crippen LogP contribution in [0.2, 0.25) is 0 Å². The molecule has 0 radical (unpaired) electrons. The van der Waals surface area contributed by atoms with Gasteiger partial charge in [0.15, 0.2) is 0 Å². The standard InChI is InChI=1S/C21H29N3O3/c1-15(2)12-18(16-8-4-3-5-9-16)22-19(25)13-24-20(26)14-23(21(24)27)17-10-6-7-11-17/h3-5,8-9,15,17-18H,6-7,10-14H2,1-2H3,(H,22,25). The minimum Gasteiger partial charge on any atom is -0.348 e. The van der Waals surface area contributed by atoms with E-state index in [-0.39, 0.29) is 43.0 Å². The van der Waals surface area contributed by atoms with Gasteiger partial charge in [-0.2, -0.15) is 0 Å². The van der Waals surface area contributed by atoms with Gasteiger partial charge in [-0.05, 0) is 30.7 Å². The van der Waals surface area contributed by atoms with E-state index in [1.807, 2.05) is 30.3 Å². The van der Waals surface area contributed by atoms with Crippen LogP contribution in [0.5, 0.6) is 0 Å². The molecule has 1 aromatic carbocycles. The first-order valence-electron chi connectivity index (χ1n) is 9.91. The van der Waals surface area contributed by atoms with Gasteiger partial charge < -0.3 is 10.2 Å². The number of urea groups is 1. The van der Waals surface area contributed by atoms with Crippen molar-refractivity contribution in [3.05, 3.63) is 35.9 Å². The number of nitrogens with one attached hydrogen (secondary N) is 1. The monoisotopic (exact) mass is 371 g/mol. The van der Waals surface area contributed by atoms with E-state index < -0.39 is 0 Å². The maximum Gasteiger partial charge on any atom is 0.327 e. The van der Waals surface area contributed by atoms with Gasteiger partial charge in [-0.15, -0.1) is 0 Å². The lowest BCUT2D eigenvalue weighted by Gasteiger charge is -2.24. The number of hydrogen-bond acceptors (Lipinski definition) is 3. The average molecular weight is 371 g/mol. The highest BCUT2D eigenvalue weighted by Crippen LogP contribution is 2.27. The predicted octanol–water partition coefficient (Wildman–Crippen LogP) is 3.10. The molecule has 1 heterocycles. The second-order valence-corrected chi connectivity index (χ2v) is 7.99. The van der Waals surface area contributed by atoms with Crippen LogP contribution in [0.15, 0.2) is 30.3 Å². The van der Waals surface area contributed by atoms with Crippen molar-refractivity contribution in [1.29, 1.82) is 0 Å². The van der Waals surface area contributed by atoms with Gasteiger partial charge in [0.05, 0.1) is 6.04 Å². The van der Waals surface area contributed by atoms with Crippen LogP contribution in [0.25, 0.3) is 0 Å². The smallest absolute Gasteiger partial charge is 0.327 e. The molecule has 3 rings (SSSR count). The number of benzene rings is 1. The van der Waals surface area contributed by atoms with Crippen molar-refractivity contribution in [3.8, 4) is 0 Å². The quantitative estimate of drug-likeness (QED) is 0.749. The zero-order valence-electron chi connectivity index (χ0n) is 16.2. The van der Waals surface area contributed by atoms with Crippen molar-refractivity contribution in [1.82, 2.24) is 15.1 Å². The van der Waals surface area contributed by atoms with E-state index in [1.54, 1.807) is 4.90 Å². The molecule has 1 aliphatic heterocycles. The Kier molecular flexibility index (Phi) is 6.14. The van der Waals surface area contributed by atoms with Crippen molar-refractivity contribution in [2.24, 2.45) is 5.92 Å². The predicted molar refractivity (Wildman–Crippen MR) is 103 cm³/mol. The molecule has 1 N–H and O–H groups in total. The summed E-state index contributed by atoms with van der Waals surface area (Å²) >= 11 is 0. The minimum absolute atomic E-state index is 0.102. The number of nitrogens with zero attached hydrogens (tertiary/aromatic N) is 2. The summed E-state index contributed by atoms with van der Waals surface area (Å²) in [5, 5.41) is 3.01. The van der Waals surface area contributed by atoms with E-state index in [4.69, 9.17) is 0 Å². The van der Waals surface area contributed by atoms with Crippen molar-refractivity contribution in [2.75, 3.05) is 13.1 Å². The molecule has 146 valence electrons. The third-order valence-electron chi connectivity index (χ3n) is 5.39.